The Morgan fingerprint density at radius 3 is 2.38 bits per heavy atom. The molecule has 0 radical (unpaired) electrons. The zero-order valence-corrected chi connectivity index (χ0v) is 9.07. The van der Waals surface area contributed by atoms with Gasteiger partial charge in [0.1, 0.15) is 6.04 Å². The summed E-state index contributed by atoms with van der Waals surface area (Å²) in [6.07, 6.45) is 0. The van der Waals surface area contributed by atoms with Crippen LogP contribution in [0.25, 0.3) is 0 Å². The molecule has 0 saturated carbocycles. The minimum absolute atomic E-state index is 0.0437. The standard InChI is InChI=1S/C11H15N3O2/c1-7-2-4-8(5-3-7)11(16)14-6-9(12)10(13)15/h2-5,9H,6,12H2,1H3,(H2,13,15)(H,14,16). The van der Waals surface area contributed by atoms with Gasteiger partial charge in [0.2, 0.25) is 5.91 Å². The quantitative estimate of drug-likeness (QED) is 0.641. The van der Waals surface area contributed by atoms with Crippen molar-refractivity contribution in [3.05, 3.63) is 35.4 Å². The number of hydrogen-bond donors (Lipinski definition) is 3. The van der Waals surface area contributed by atoms with Crippen molar-refractivity contribution >= 4 is 11.8 Å². The van der Waals surface area contributed by atoms with E-state index in [-0.39, 0.29) is 12.5 Å². The Balaban J connectivity index is 2.53. The summed E-state index contributed by atoms with van der Waals surface area (Å²) in [7, 11) is 0. The zero-order valence-electron chi connectivity index (χ0n) is 9.07. The van der Waals surface area contributed by atoms with E-state index < -0.39 is 11.9 Å². The van der Waals surface area contributed by atoms with E-state index >= 15 is 0 Å². The fourth-order valence-electron chi connectivity index (χ4n) is 1.11. The summed E-state index contributed by atoms with van der Waals surface area (Å²) in [5.41, 5.74) is 11.9. The van der Waals surface area contributed by atoms with E-state index in [1.807, 2.05) is 19.1 Å². The highest BCUT2D eigenvalue weighted by Gasteiger charge is 2.11. The van der Waals surface area contributed by atoms with Crippen LogP contribution in [0.5, 0.6) is 0 Å². The lowest BCUT2D eigenvalue weighted by Gasteiger charge is -2.09. The van der Waals surface area contributed by atoms with Gasteiger partial charge in [-0.15, -0.1) is 0 Å². The van der Waals surface area contributed by atoms with E-state index in [1.165, 1.54) is 0 Å². The highest BCUT2D eigenvalue weighted by atomic mass is 16.2. The second-order valence-corrected chi connectivity index (χ2v) is 3.58. The molecule has 0 aliphatic rings. The number of aryl methyl sites for hydroxylation is 1. The Kier molecular flexibility index (Phi) is 4.02. The molecule has 5 heteroatoms. The van der Waals surface area contributed by atoms with Gasteiger partial charge in [-0.2, -0.15) is 0 Å². The average Bonchev–Trinajstić information content (AvgIpc) is 2.26. The molecule has 0 aromatic heterocycles. The highest BCUT2D eigenvalue weighted by molar-refractivity contribution is 5.94. The van der Waals surface area contributed by atoms with Crippen molar-refractivity contribution in [3.63, 3.8) is 0 Å². The molecule has 1 unspecified atom stereocenters. The van der Waals surface area contributed by atoms with E-state index in [9.17, 15) is 9.59 Å². The van der Waals surface area contributed by atoms with Gasteiger partial charge in [0.25, 0.3) is 5.91 Å². The van der Waals surface area contributed by atoms with Crippen LogP contribution in [-0.4, -0.2) is 24.4 Å². The van der Waals surface area contributed by atoms with Gasteiger partial charge in [-0.05, 0) is 19.1 Å². The molecular weight excluding hydrogens is 206 g/mol. The minimum Gasteiger partial charge on any atom is -0.368 e. The van der Waals surface area contributed by atoms with E-state index in [4.69, 9.17) is 11.5 Å². The molecule has 0 aliphatic heterocycles. The lowest BCUT2D eigenvalue weighted by atomic mass is 10.1. The Morgan fingerprint density at radius 2 is 1.88 bits per heavy atom. The summed E-state index contributed by atoms with van der Waals surface area (Å²) in [5, 5.41) is 2.53. The largest absolute Gasteiger partial charge is 0.368 e. The van der Waals surface area contributed by atoms with Crippen molar-refractivity contribution in [2.75, 3.05) is 6.54 Å². The molecule has 2 amide bonds. The van der Waals surface area contributed by atoms with E-state index in [0.29, 0.717) is 5.56 Å². The first-order chi connectivity index (χ1) is 7.50. The monoisotopic (exact) mass is 221 g/mol. The van der Waals surface area contributed by atoms with Gasteiger partial charge in [0.15, 0.2) is 0 Å². The topological polar surface area (TPSA) is 98.2 Å². The van der Waals surface area contributed by atoms with Gasteiger partial charge >= 0.3 is 0 Å². The predicted octanol–water partition coefficient (Wildman–Crippen LogP) is -0.463. The third-order valence-corrected chi connectivity index (χ3v) is 2.16. The van der Waals surface area contributed by atoms with Crippen LogP contribution in [-0.2, 0) is 4.79 Å². The second-order valence-electron chi connectivity index (χ2n) is 3.58. The van der Waals surface area contributed by atoms with Crippen molar-refractivity contribution in [2.24, 2.45) is 11.5 Å². The van der Waals surface area contributed by atoms with Crippen LogP contribution in [0.1, 0.15) is 15.9 Å². The van der Waals surface area contributed by atoms with E-state index in [0.717, 1.165) is 5.56 Å². The number of nitrogens with two attached hydrogens (primary N) is 2. The summed E-state index contributed by atoms with van der Waals surface area (Å²) in [5.74, 6) is -0.902. The number of amides is 2. The molecule has 5 N–H and O–H groups in total. The number of hydrogen-bond acceptors (Lipinski definition) is 3. The first-order valence-electron chi connectivity index (χ1n) is 4.90. The van der Waals surface area contributed by atoms with Gasteiger partial charge in [-0.1, -0.05) is 17.7 Å². The zero-order chi connectivity index (χ0) is 12.1. The number of nitrogens with one attached hydrogen (secondary N) is 1. The van der Waals surface area contributed by atoms with Gasteiger partial charge in [0, 0.05) is 12.1 Å². The molecule has 0 spiro atoms. The normalized spacial score (nSPS) is 11.9. The number of primary amides is 1. The first-order valence-corrected chi connectivity index (χ1v) is 4.90. The SMILES string of the molecule is Cc1ccc(C(=O)NCC(N)C(N)=O)cc1. The van der Waals surface area contributed by atoms with Crippen molar-refractivity contribution < 1.29 is 9.59 Å². The van der Waals surface area contributed by atoms with Crippen molar-refractivity contribution in [3.8, 4) is 0 Å². The number of carbonyl (C=O) groups excluding carboxylic acids is 2. The van der Waals surface area contributed by atoms with Gasteiger partial charge in [-0.25, -0.2) is 0 Å². The molecule has 1 atom stereocenters. The van der Waals surface area contributed by atoms with E-state index in [1.54, 1.807) is 12.1 Å². The maximum absolute atomic E-state index is 11.6. The van der Waals surface area contributed by atoms with Gasteiger partial charge < -0.3 is 16.8 Å². The maximum atomic E-state index is 11.6. The fourth-order valence-corrected chi connectivity index (χ4v) is 1.11. The average molecular weight is 221 g/mol. The number of benzene rings is 1. The minimum atomic E-state index is -0.852. The van der Waals surface area contributed by atoms with Crippen molar-refractivity contribution in [1.82, 2.24) is 5.32 Å². The van der Waals surface area contributed by atoms with Crippen LogP contribution in [0, 0.1) is 6.92 Å². The third kappa shape index (κ3) is 3.36. The maximum Gasteiger partial charge on any atom is 0.251 e. The van der Waals surface area contributed by atoms with Crippen LogP contribution < -0.4 is 16.8 Å². The predicted molar refractivity (Wildman–Crippen MR) is 60.7 cm³/mol. The Bertz CT molecular complexity index is 387. The molecule has 0 fully saturated rings. The highest BCUT2D eigenvalue weighted by Crippen LogP contribution is 2.02. The van der Waals surface area contributed by atoms with Crippen molar-refractivity contribution in [2.45, 2.75) is 13.0 Å². The molecule has 0 heterocycles. The lowest BCUT2D eigenvalue weighted by Crippen LogP contribution is -2.45. The third-order valence-electron chi connectivity index (χ3n) is 2.16. The molecule has 0 saturated heterocycles. The summed E-state index contributed by atoms with van der Waals surface area (Å²) in [6, 6.07) is 6.24. The van der Waals surface area contributed by atoms with Crippen LogP contribution in [0.4, 0.5) is 0 Å². The van der Waals surface area contributed by atoms with Gasteiger partial charge in [0.05, 0.1) is 0 Å². The Labute approximate surface area is 93.8 Å². The molecule has 1 rings (SSSR count). The summed E-state index contributed by atoms with van der Waals surface area (Å²) >= 11 is 0. The Hall–Kier alpha value is -1.88. The number of carbonyl (C=O) groups is 2. The summed E-state index contributed by atoms with van der Waals surface area (Å²) in [6.45, 7) is 1.98. The molecule has 1 aromatic carbocycles. The molecule has 86 valence electrons. The number of rotatable bonds is 4. The molecule has 0 aliphatic carbocycles. The smallest absolute Gasteiger partial charge is 0.251 e. The molecular formula is C11H15N3O2. The fraction of sp³-hybridized carbons (Fsp3) is 0.273. The van der Waals surface area contributed by atoms with Crippen LogP contribution in [0.2, 0.25) is 0 Å². The molecule has 1 aromatic rings. The van der Waals surface area contributed by atoms with Gasteiger partial charge in [-0.3, -0.25) is 9.59 Å². The summed E-state index contributed by atoms with van der Waals surface area (Å²) in [4.78, 5) is 22.2. The lowest BCUT2D eigenvalue weighted by molar-refractivity contribution is -0.119. The van der Waals surface area contributed by atoms with Crippen molar-refractivity contribution in [1.29, 1.82) is 0 Å². The van der Waals surface area contributed by atoms with Crippen LogP contribution in [0.15, 0.2) is 24.3 Å². The van der Waals surface area contributed by atoms with Crippen LogP contribution in [0.3, 0.4) is 0 Å². The summed E-state index contributed by atoms with van der Waals surface area (Å²) < 4.78 is 0. The van der Waals surface area contributed by atoms with Crippen LogP contribution >= 0.6 is 0 Å². The molecule has 5 nitrogen and oxygen atoms in total. The Morgan fingerprint density at radius 1 is 1.31 bits per heavy atom. The van der Waals surface area contributed by atoms with E-state index in [2.05, 4.69) is 5.32 Å². The first kappa shape index (κ1) is 12.2. The second kappa shape index (κ2) is 5.27. The molecule has 0 bridgehead atoms. The molecule has 16 heavy (non-hydrogen) atoms.